The van der Waals surface area contributed by atoms with E-state index in [4.69, 9.17) is 16.3 Å². The normalized spacial score (nSPS) is 12.8. The minimum Gasteiger partial charge on any atom is -0.426 e. The molecule has 1 heterocycles. The van der Waals surface area contributed by atoms with E-state index in [1.54, 1.807) is 42.8 Å². The maximum Gasteiger partial charge on any atom is 0.301 e. The van der Waals surface area contributed by atoms with Gasteiger partial charge in [-0.05, 0) is 54.8 Å². The zero-order valence-corrected chi connectivity index (χ0v) is 18.3. The largest absolute Gasteiger partial charge is 0.426 e. The highest BCUT2D eigenvalue weighted by Crippen LogP contribution is 2.27. The highest BCUT2D eigenvalue weighted by molar-refractivity contribution is 7.89. The quantitative estimate of drug-likeness (QED) is 0.430. The Morgan fingerprint density at radius 2 is 1.87 bits per heavy atom. The van der Waals surface area contributed by atoms with Gasteiger partial charge >= 0.3 is 6.01 Å². The number of ether oxygens (including phenoxy) is 1. The van der Waals surface area contributed by atoms with Crippen LogP contribution in [0.5, 0.6) is 11.8 Å². The Balaban J connectivity index is 1.55. The SMILES string of the molecule is CC(NS(=O)(=O)c1ccc2c(Cl)cccc2c1)c1cnc(Oc2ccc(F)cc2)n1C. The van der Waals surface area contributed by atoms with E-state index in [0.29, 0.717) is 16.5 Å². The fourth-order valence-corrected chi connectivity index (χ4v) is 4.76. The van der Waals surface area contributed by atoms with Gasteiger partial charge in [0.15, 0.2) is 0 Å². The van der Waals surface area contributed by atoms with Crippen LogP contribution < -0.4 is 9.46 Å². The molecule has 1 atom stereocenters. The van der Waals surface area contributed by atoms with Gasteiger partial charge in [0.05, 0.1) is 22.8 Å². The molecule has 1 N–H and O–H groups in total. The number of aromatic nitrogens is 2. The molecule has 1 aromatic heterocycles. The Hall–Kier alpha value is -2.94. The summed E-state index contributed by atoms with van der Waals surface area (Å²) in [6.45, 7) is 1.72. The number of nitrogens with zero attached hydrogens (tertiary/aromatic N) is 2. The Bertz CT molecular complexity index is 1350. The van der Waals surface area contributed by atoms with Gasteiger partial charge < -0.3 is 4.74 Å². The van der Waals surface area contributed by atoms with Crippen LogP contribution in [0.4, 0.5) is 4.39 Å². The van der Waals surface area contributed by atoms with Crippen molar-refractivity contribution in [2.75, 3.05) is 0 Å². The van der Waals surface area contributed by atoms with E-state index >= 15 is 0 Å². The molecular weight excluding hydrogens is 441 g/mol. The predicted molar refractivity (Wildman–Crippen MR) is 117 cm³/mol. The van der Waals surface area contributed by atoms with Crippen molar-refractivity contribution in [3.8, 4) is 11.8 Å². The lowest BCUT2D eigenvalue weighted by Crippen LogP contribution is -2.28. The Morgan fingerprint density at radius 1 is 1.13 bits per heavy atom. The van der Waals surface area contributed by atoms with E-state index < -0.39 is 16.1 Å². The van der Waals surface area contributed by atoms with Crippen molar-refractivity contribution in [1.29, 1.82) is 0 Å². The number of hydrogen-bond acceptors (Lipinski definition) is 4. The number of imidazole rings is 1. The summed E-state index contributed by atoms with van der Waals surface area (Å²) in [7, 11) is -2.09. The molecule has 4 rings (SSSR count). The van der Waals surface area contributed by atoms with Crippen LogP contribution in [0.15, 0.2) is 71.8 Å². The van der Waals surface area contributed by atoms with Crippen molar-refractivity contribution in [2.45, 2.75) is 17.9 Å². The van der Waals surface area contributed by atoms with Crippen molar-refractivity contribution in [3.05, 3.63) is 83.4 Å². The Labute approximate surface area is 184 Å². The fourth-order valence-electron chi connectivity index (χ4n) is 3.26. The maximum atomic E-state index is 13.1. The third kappa shape index (κ3) is 4.41. The first-order valence-electron chi connectivity index (χ1n) is 9.40. The summed E-state index contributed by atoms with van der Waals surface area (Å²) in [6, 6.07) is 15.4. The molecule has 0 amide bonds. The molecule has 1 unspecified atom stereocenters. The van der Waals surface area contributed by atoms with E-state index in [-0.39, 0.29) is 16.7 Å². The maximum absolute atomic E-state index is 13.1. The summed E-state index contributed by atoms with van der Waals surface area (Å²) in [4.78, 5) is 4.34. The molecule has 0 aliphatic heterocycles. The second kappa shape index (κ2) is 8.30. The van der Waals surface area contributed by atoms with Gasteiger partial charge in [-0.3, -0.25) is 4.57 Å². The fraction of sp³-hybridized carbons (Fsp3) is 0.136. The summed E-state index contributed by atoms with van der Waals surface area (Å²) in [6.07, 6.45) is 1.53. The molecule has 0 aliphatic rings. The zero-order valence-electron chi connectivity index (χ0n) is 16.7. The molecule has 0 bridgehead atoms. The first-order valence-corrected chi connectivity index (χ1v) is 11.3. The zero-order chi connectivity index (χ0) is 22.2. The van der Waals surface area contributed by atoms with Crippen molar-refractivity contribution in [3.63, 3.8) is 0 Å². The van der Waals surface area contributed by atoms with Gasteiger partial charge in [0.2, 0.25) is 10.0 Å². The van der Waals surface area contributed by atoms with Gasteiger partial charge in [0.25, 0.3) is 0 Å². The summed E-state index contributed by atoms with van der Waals surface area (Å²) in [5.41, 5.74) is 0.601. The van der Waals surface area contributed by atoms with E-state index in [9.17, 15) is 12.8 Å². The molecule has 9 heteroatoms. The van der Waals surface area contributed by atoms with Gasteiger partial charge in [-0.1, -0.05) is 29.8 Å². The number of halogens is 2. The molecule has 0 aliphatic carbocycles. The van der Waals surface area contributed by atoms with E-state index in [1.165, 1.54) is 36.5 Å². The molecule has 6 nitrogen and oxygen atoms in total. The third-order valence-corrected chi connectivity index (χ3v) is 6.76. The molecule has 0 saturated carbocycles. The van der Waals surface area contributed by atoms with Crippen molar-refractivity contribution in [2.24, 2.45) is 7.05 Å². The monoisotopic (exact) mass is 459 g/mol. The first kappa shape index (κ1) is 21.3. The average molecular weight is 460 g/mol. The van der Waals surface area contributed by atoms with Gasteiger partial charge in [-0.2, -0.15) is 0 Å². The highest BCUT2D eigenvalue weighted by Gasteiger charge is 2.22. The molecule has 0 radical (unpaired) electrons. The van der Waals surface area contributed by atoms with Crippen LogP contribution in [0, 0.1) is 5.82 Å². The van der Waals surface area contributed by atoms with Crippen LogP contribution in [0.25, 0.3) is 10.8 Å². The average Bonchev–Trinajstić information content (AvgIpc) is 3.09. The highest BCUT2D eigenvalue weighted by atomic mass is 35.5. The number of rotatable bonds is 6. The van der Waals surface area contributed by atoms with Crippen LogP contribution in [0.2, 0.25) is 5.02 Å². The van der Waals surface area contributed by atoms with Crippen molar-refractivity contribution < 1.29 is 17.5 Å². The van der Waals surface area contributed by atoms with Crippen LogP contribution in [0.3, 0.4) is 0 Å². The Morgan fingerprint density at radius 3 is 2.61 bits per heavy atom. The van der Waals surface area contributed by atoms with E-state index in [2.05, 4.69) is 9.71 Å². The van der Waals surface area contributed by atoms with Gasteiger partial charge in [0.1, 0.15) is 11.6 Å². The van der Waals surface area contributed by atoms with Gasteiger partial charge in [0, 0.05) is 17.5 Å². The molecule has 31 heavy (non-hydrogen) atoms. The smallest absolute Gasteiger partial charge is 0.301 e. The number of benzene rings is 3. The van der Waals surface area contributed by atoms with E-state index in [0.717, 1.165) is 10.8 Å². The van der Waals surface area contributed by atoms with Crippen LogP contribution in [-0.2, 0) is 17.1 Å². The summed E-state index contributed by atoms with van der Waals surface area (Å²) in [5, 5.41) is 2.08. The summed E-state index contributed by atoms with van der Waals surface area (Å²) in [5.74, 6) is 0.0524. The molecule has 0 spiro atoms. The van der Waals surface area contributed by atoms with Crippen LogP contribution in [0.1, 0.15) is 18.7 Å². The minimum absolute atomic E-state index is 0.138. The van der Waals surface area contributed by atoms with Gasteiger partial charge in [-0.25, -0.2) is 22.5 Å². The van der Waals surface area contributed by atoms with Crippen molar-refractivity contribution >= 4 is 32.4 Å². The number of nitrogens with one attached hydrogen (secondary N) is 1. The number of fused-ring (bicyclic) bond motifs is 1. The summed E-state index contributed by atoms with van der Waals surface area (Å²) >= 11 is 6.17. The van der Waals surface area contributed by atoms with E-state index in [1.807, 2.05) is 6.07 Å². The lowest BCUT2D eigenvalue weighted by molar-refractivity contribution is 0.418. The number of hydrogen-bond donors (Lipinski definition) is 1. The molecular formula is C22H19ClFN3O3S. The number of sulfonamides is 1. The lowest BCUT2D eigenvalue weighted by atomic mass is 10.1. The third-order valence-electron chi connectivity index (χ3n) is 4.89. The first-order chi connectivity index (χ1) is 14.7. The Kier molecular flexibility index (Phi) is 5.70. The molecule has 3 aromatic carbocycles. The topological polar surface area (TPSA) is 73.2 Å². The summed E-state index contributed by atoms with van der Waals surface area (Å²) < 4.78 is 48.9. The van der Waals surface area contributed by atoms with Gasteiger partial charge in [-0.15, -0.1) is 0 Å². The molecule has 0 saturated heterocycles. The van der Waals surface area contributed by atoms with Crippen molar-refractivity contribution in [1.82, 2.24) is 14.3 Å². The second-order valence-electron chi connectivity index (χ2n) is 7.05. The minimum atomic E-state index is -3.80. The van der Waals surface area contributed by atoms with Crippen LogP contribution >= 0.6 is 11.6 Å². The second-order valence-corrected chi connectivity index (χ2v) is 9.17. The molecule has 4 aromatic rings. The molecule has 160 valence electrons. The lowest BCUT2D eigenvalue weighted by Gasteiger charge is -2.16. The standard InChI is InChI=1S/C22H19ClFN3O3S/c1-14(21-13-25-22(27(21)2)30-17-8-6-16(24)7-9-17)26-31(28,29)18-10-11-19-15(12-18)4-3-5-20(19)23/h3-14,26H,1-2H3. The molecule has 0 fully saturated rings. The predicted octanol–water partition coefficient (Wildman–Crippen LogP) is 5.20. The van der Waals surface area contributed by atoms with Crippen LogP contribution in [-0.4, -0.2) is 18.0 Å².